The summed E-state index contributed by atoms with van der Waals surface area (Å²) in [4.78, 5) is 11.7. The summed E-state index contributed by atoms with van der Waals surface area (Å²) in [6.07, 6.45) is 1.10. The van der Waals surface area contributed by atoms with Crippen LogP contribution in [0.5, 0.6) is 0 Å². The van der Waals surface area contributed by atoms with Crippen LogP contribution in [-0.4, -0.2) is 32.2 Å². The Morgan fingerprint density at radius 3 is 3.18 bits per heavy atom. The minimum Gasteiger partial charge on any atom is -0.465 e. The summed E-state index contributed by atoms with van der Waals surface area (Å²) in [5, 5.41) is 6.88. The Balaban J connectivity index is 2.03. The number of hydrogen-bond donors (Lipinski definition) is 2. The van der Waals surface area contributed by atoms with Crippen molar-refractivity contribution >= 4 is 11.7 Å². The van der Waals surface area contributed by atoms with Gasteiger partial charge in [-0.25, -0.2) is 4.79 Å². The summed E-state index contributed by atoms with van der Waals surface area (Å²) in [5.41, 5.74) is 2.86. The summed E-state index contributed by atoms with van der Waals surface area (Å²) >= 11 is 0. The molecule has 2 heterocycles. The van der Waals surface area contributed by atoms with E-state index in [0.29, 0.717) is 17.5 Å². The van der Waals surface area contributed by atoms with E-state index in [1.807, 2.05) is 12.1 Å². The van der Waals surface area contributed by atoms with E-state index in [2.05, 4.69) is 16.7 Å². The van der Waals surface area contributed by atoms with Crippen molar-refractivity contribution in [2.45, 2.75) is 18.4 Å². The van der Waals surface area contributed by atoms with E-state index < -0.39 is 0 Å². The molecule has 0 aromatic heterocycles. The molecule has 2 aliphatic heterocycles. The van der Waals surface area contributed by atoms with Crippen molar-refractivity contribution in [3.63, 3.8) is 0 Å². The zero-order valence-corrected chi connectivity index (χ0v) is 9.82. The van der Waals surface area contributed by atoms with Gasteiger partial charge in [-0.2, -0.15) is 0 Å². The van der Waals surface area contributed by atoms with Crippen LogP contribution in [0.3, 0.4) is 0 Å². The Morgan fingerprint density at radius 2 is 2.35 bits per heavy atom. The van der Waals surface area contributed by atoms with Crippen LogP contribution in [0.1, 0.15) is 28.3 Å². The highest BCUT2D eigenvalue weighted by molar-refractivity contribution is 5.97. The van der Waals surface area contributed by atoms with Gasteiger partial charge in [0, 0.05) is 18.5 Å². The van der Waals surface area contributed by atoms with Gasteiger partial charge in [0.05, 0.1) is 18.4 Å². The van der Waals surface area contributed by atoms with E-state index >= 15 is 0 Å². The Morgan fingerprint density at radius 1 is 1.47 bits per heavy atom. The molecule has 0 saturated carbocycles. The SMILES string of the molecule is COC(=O)c1cccc2c1NC1CCNCC21. The molecular formula is C13H16N2O2. The predicted molar refractivity (Wildman–Crippen MR) is 65.4 cm³/mol. The van der Waals surface area contributed by atoms with Gasteiger partial charge in [0.25, 0.3) is 0 Å². The van der Waals surface area contributed by atoms with E-state index in [1.54, 1.807) is 0 Å². The predicted octanol–water partition coefficient (Wildman–Crippen LogP) is 1.34. The Hall–Kier alpha value is -1.55. The highest BCUT2D eigenvalue weighted by Gasteiger charge is 2.35. The average molecular weight is 232 g/mol. The number of benzene rings is 1. The molecule has 17 heavy (non-hydrogen) atoms. The summed E-state index contributed by atoms with van der Waals surface area (Å²) in [5.74, 6) is 0.212. The normalized spacial score (nSPS) is 25.7. The second-order valence-electron chi connectivity index (χ2n) is 4.61. The van der Waals surface area contributed by atoms with Crippen LogP contribution in [0, 0.1) is 0 Å². The van der Waals surface area contributed by atoms with Gasteiger partial charge in [-0.05, 0) is 24.6 Å². The lowest BCUT2D eigenvalue weighted by molar-refractivity contribution is 0.0602. The first kappa shape index (κ1) is 10.6. The third kappa shape index (κ3) is 1.60. The first-order valence-electron chi connectivity index (χ1n) is 5.99. The molecule has 2 aliphatic rings. The lowest BCUT2D eigenvalue weighted by atomic mass is 9.90. The molecule has 4 heteroatoms. The molecule has 1 saturated heterocycles. The van der Waals surface area contributed by atoms with Gasteiger partial charge in [-0.1, -0.05) is 12.1 Å². The molecule has 0 aliphatic carbocycles. The lowest BCUT2D eigenvalue weighted by Crippen LogP contribution is -2.38. The molecule has 0 radical (unpaired) electrons. The smallest absolute Gasteiger partial charge is 0.339 e. The Labute approximate surface area is 100 Å². The van der Waals surface area contributed by atoms with Crippen LogP contribution in [0.2, 0.25) is 0 Å². The highest BCUT2D eigenvalue weighted by Crippen LogP contribution is 2.40. The van der Waals surface area contributed by atoms with Gasteiger partial charge in [0.15, 0.2) is 0 Å². The number of hydrogen-bond acceptors (Lipinski definition) is 4. The molecule has 2 N–H and O–H groups in total. The maximum absolute atomic E-state index is 11.7. The van der Waals surface area contributed by atoms with Crippen LogP contribution in [0.15, 0.2) is 18.2 Å². The molecule has 2 unspecified atom stereocenters. The van der Waals surface area contributed by atoms with Crippen molar-refractivity contribution in [2.75, 3.05) is 25.5 Å². The van der Waals surface area contributed by atoms with Gasteiger partial charge in [0.1, 0.15) is 0 Å². The minimum atomic E-state index is -0.263. The monoisotopic (exact) mass is 232 g/mol. The van der Waals surface area contributed by atoms with Crippen molar-refractivity contribution in [1.82, 2.24) is 5.32 Å². The van der Waals surface area contributed by atoms with Gasteiger partial charge in [-0.3, -0.25) is 0 Å². The number of anilines is 1. The third-order valence-corrected chi connectivity index (χ3v) is 3.71. The summed E-state index contributed by atoms with van der Waals surface area (Å²) in [7, 11) is 1.42. The van der Waals surface area contributed by atoms with E-state index in [-0.39, 0.29) is 5.97 Å². The minimum absolute atomic E-state index is 0.263. The number of carbonyl (C=O) groups is 1. The Kier molecular flexibility index (Phi) is 2.52. The van der Waals surface area contributed by atoms with E-state index in [9.17, 15) is 4.79 Å². The standard InChI is InChI=1S/C13H16N2O2/c1-17-13(16)9-4-2-3-8-10-7-14-6-5-11(10)15-12(8)9/h2-4,10-11,14-15H,5-7H2,1H3. The zero-order chi connectivity index (χ0) is 11.8. The number of methoxy groups -OCH3 is 1. The Bertz CT molecular complexity index is 459. The largest absolute Gasteiger partial charge is 0.465 e. The first-order chi connectivity index (χ1) is 8.31. The second kappa shape index (κ2) is 4.04. The van der Waals surface area contributed by atoms with Crippen molar-refractivity contribution in [2.24, 2.45) is 0 Å². The van der Waals surface area contributed by atoms with Crippen LogP contribution < -0.4 is 10.6 Å². The maximum atomic E-state index is 11.7. The molecule has 0 spiro atoms. The van der Waals surface area contributed by atoms with Crippen molar-refractivity contribution in [3.05, 3.63) is 29.3 Å². The zero-order valence-electron chi connectivity index (χ0n) is 9.82. The van der Waals surface area contributed by atoms with Gasteiger partial charge in [-0.15, -0.1) is 0 Å². The highest BCUT2D eigenvalue weighted by atomic mass is 16.5. The molecule has 4 nitrogen and oxygen atoms in total. The number of fused-ring (bicyclic) bond motifs is 3. The van der Waals surface area contributed by atoms with Crippen LogP contribution in [-0.2, 0) is 4.74 Å². The quantitative estimate of drug-likeness (QED) is 0.717. The summed E-state index contributed by atoms with van der Waals surface area (Å²) in [6, 6.07) is 6.32. The lowest BCUT2D eigenvalue weighted by Gasteiger charge is -2.26. The van der Waals surface area contributed by atoms with Crippen LogP contribution >= 0.6 is 0 Å². The fourth-order valence-corrected chi connectivity index (χ4v) is 2.86. The number of nitrogens with one attached hydrogen (secondary N) is 2. The van der Waals surface area contributed by atoms with Crippen LogP contribution in [0.4, 0.5) is 5.69 Å². The van der Waals surface area contributed by atoms with E-state index in [1.165, 1.54) is 12.7 Å². The van der Waals surface area contributed by atoms with Gasteiger partial charge in [0.2, 0.25) is 0 Å². The average Bonchev–Trinajstić information content (AvgIpc) is 2.76. The molecule has 1 aromatic carbocycles. The number of rotatable bonds is 1. The summed E-state index contributed by atoms with van der Waals surface area (Å²) < 4.78 is 4.82. The van der Waals surface area contributed by atoms with Crippen molar-refractivity contribution < 1.29 is 9.53 Å². The number of carbonyl (C=O) groups excluding carboxylic acids is 1. The molecule has 1 aromatic rings. The van der Waals surface area contributed by atoms with Crippen molar-refractivity contribution in [1.29, 1.82) is 0 Å². The molecule has 1 fully saturated rings. The number of ether oxygens (including phenoxy) is 1. The second-order valence-corrected chi connectivity index (χ2v) is 4.61. The topological polar surface area (TPSA) is 50.4 Å². The maximum Gasteiger partial charge on any atom is 0.339 e. The number of esters is 1. The van der Waals surface area contributed by atoms with Gasteiger partial charge < -0.3 is 15.4 Å². The molecule has 2 atom stereocenters. The number of piperidine rings is 1. The third-order valence-electron chi connectivity index (χ3n) is 3.71. The van der Waals surface area contributed by atoms with E-state index in [0.717, 1.165) is 25.2 Å². The molecule has 0 bridgehead atoms. The first-order valence-corrected chi connectivity index (χ1v) is 5.99. The van der Waals surface area contributed by atoms with Gasteiger partial charge >= 0.3 is 5.97 Å². The fourth-order valence-electron chi connectivity index (χ4n) is 2.86. The fraction of sp³-hybridized carbons (Fsp3) is 0.462. The summed E-state index contributed by atoms with van der Waals surface area (Å²) in [6.45, 7) is 2.02. The molecule has 90 valence electrons. The molecular weight excluding hydrogens is 216 g/mol. The number of para-hydroxylation sites is 1. The molecule has 3 rings (SSSR count). The van der Waals surface area contributed by atoms with Crippen LogP contribution in [0.25, 0.3) is 0 Å². The molecule has 0 amide bonds. The van der Waals surface area contributed by atoms with Crippen molar-refractivity contribution in [3.8, 4) is 0 Å². The van der Waals surface area contributed by atoms with E-state index in [4.69, 9.17) is 4.74 Å².